The van der Waals surface area contributed by atoms with Crippen LogP contribution < -0.4 is 4.74 Å². The van der Waals surface area contributed by atoms with Crippen molar-refractivity contribution in [1.29, 1.82) is 0 Å². The average Bonchev–Trinajstić information content (AvgIpc) is 2.21. The van der Waals surface area contributed by atoms with E-state index in [9.17, 15) is 0 Å². The lowest BCUT2D eigenvalue weighted by Gasteiger charge is -2.13. The molecule has 0 amide bonds. The van der Waals surface area contributed by atoms with Gasteiger partial charge in [0.2, 0.25) is 0 Å². The van der Waals surface area contributed by atoms with Crippen molar-refractivity contribution in [3.63, 3.8) is 0 Å². The Morgan fingerprint density at radius 2 is 2.00 bits per heavy atom. The number of hydrogen-bond donors (Lipinski definition) is 0. The first-order chi connectivity index (χ1) is 6.36. The lowest BCUT2D eigenvalue weighted by molar-refractivity contribution is 0.146. The lowest BCUT2D eigenvalue weighted by atomic mass is 10.3. The Kier molecular flexibility index (Phi) is 4.81. The minimum atomic E-state index is 0.158. The van der Waals surface area contributed by atoms with Crippen molar-refractivity contribution in [1.82, 2.24) is 0 Å². The molecule has 1 aromatic rings. The average molecular weight is 198 g/mol. The van der Waals surface area contributed by atoms with Gasteiger partial charge in [0, 0.05) is 9.47 Å². The molecule has 0 fully saturated rings. The molecule has 0 saturated carbocycles. The molecule has 72 valence electrons. The monoisotopic (exact) mass is 198 g/mol. The molecule has 0 radical (unpaired) electrons. The third-order valence-corrected chi connectivity index (χ3v) is 2.21. The molecule has 1 aromatic carbocycles. The van der Waals surface area contributed by atoms with Gasteiger partial charge in [-0.05, 0) is 18.6 Å². The zero-order chi connectivity index (χ0) is 9.52. The molecular weight excluding hydrogens is 183 g/mol. The van der Waals surface area contributed by atoms with E-state index in [1.54, 1.807) is 0 Å². The molecule has 0 aromatic heterocycles. The summed E-state index contributed by atoms with van der Waals surface area (Å²) in [5.41, 5.74) is 0. The summed E-state index contributed by atoms with van der Waals surface area (Å²) in [5, 5.41) is 0. The predicted molar refractivity (Wildman–Crippen MR) is 56.8 cm³/mol. The van der Waals surface area contributed by atoms with Crippen molar-refractivity contribution < 1.29 is 9.26 Å². The number of ether oxygens (including phenoxy) is 1. The Bertz CT molecular complexity index is 222. The zero-order valence-corrected chi connectivity index (χ0v) is 8.93. The van der Waals surface area contributed by atoms with Gasteiger partial charge in [0.15, 0.2) is 0 Å². The van der Waals surface area contributed by atoms with Crippen molar-refractivity contribution in [3.05, 3.63) is 30.3 Å². The molecule has 3 heteroatoms. The van der Waals surface area contributed by atoms with E-state index in [1.165, 1.54) is 0 Å². The van der Waals surface area contributed by atoms with Crippen LogP contribution in [0.2, 0.25) is 0 Å². The van der Waals surface area contributed by atoms with Crippen LogP contribution in [0.5, 0.6) is 5.75 Å². The second kappa shape index (κ2) is 5.95. The number of para-hydroxylation sites is 1. The van der Waals surface area contributed by atoms with E-state index in [2.05, 4.69) is 16.4 Å². The van der Waals surface area contributed by atoms with E-state index in [1.807, 2.05) is 30.3 Å². The SMILES string of the molecule is CC[C@H](COc1ccccc1)OP. The number of rotatable bonds is 5. The highest BCUT2D eigenvalue weighted by molar-refractivity contribution is 7.09. The molecule has 2 atom stereocenters. The highest BCUT2D eigenvalue weighted by Crippen LogP contribution is 2.11. The van der Waals surface area contributed by atoms with Crippen LogP contribution in [0.25, 0.3) is 0 Å². The van der Waals surface area contributed by atoms with Crippen LogP contribution >= 0.6 is 9.47 Å². The largest absolute Gasteiger partial charge is 0.491 e. The fraction of sp³-hybridized carbons (Fsp3) is 0.400. The van der Waals surface area contributed by atoms with Gasteiger partial charge in [0.05, 0.1) is 6.10 Å². The Labute approximate surface area is 81.5 Å². The van der Waals surface area contributed by atoms with Crippen molar-refractivity contribution in [3.8, 4) is 5.75 Å². The van der Waals surface area contributed by atoms with Crippen LogP contribution in [0.4, 0.5) is 0 Å². The molecule has 13 heavy (non-hydrogen) atoms. The zero-order valence-electron chi connectivity index (χ0n) is 7.77. The van der Waals surface area contributed by atoms with Gasteiger partial charge in [-0.1, -0.05) is 25.1 Å². The minimum absolute atomic E-state index is 0.158. The standard InChI is InChI=1S/C10H15O2P/c1-2-9(12-13)8-11-10-6-4-3-5-7-10/h3-7,9H,2,8,13H2,1H3/t9-/m1/s1. The van der Waals surface area contributed by atoms with Gasteiger partial charge in [-0.2, -0.15) is 0 Å². The Hall–Kier alpha value is -0.590. The molecule has 0 N–H and O–H groups in total. The highest BCUT2D eigenvalue weighted by Gasteiger charge is 2.04. The summed E-state index contributed by atoms with van der Waals surface area (Å²) < 4.78 is 10.6. The Balaban J connectivity index is 2.34. The Morgan fingerprint density at radius 1 is 1.31 bits per heavy atom. The van der Waals surface area contributed by atoms with Gasteiger partial charge in [0.25, 0.3) is 0 Å². The molecule has 1 unspecified atom stereocenters. The summed E-state index contributed by atoms with van der Waals surface area (Å²) in [6.45, 7) is 2.67. The molecular formula is C10H15O2P. The summed E-state index contributed by atoms with van der Waals surface area (Å²) in [6.07, 6.45) is 1.11. The van der Waals surface area contributed by atoms with Crippen LogP contribution in [0, 0.1) is 0 Å². The van der Waals surface area contributed by atoms with Crippen LogP contribution in [0.3, 0.4) is 0 Å². The first-order valence-corrected chi connectivity index (χ1v) is 4.87. The summed E-state index contributed by atoms with van der Waals surface area (Å²) in [5.74, 6) is 0.892. The molecule has 0 saturated heterocycles. The summed E-state index contributed by atoms with van der Waals surface area (Å²) in [6, 6.07) is 9.76. The maximum absolute atomic E-state index is 5.51. The lowest BCUT2D eigenvalue weighted by Crippen LogP contribution is -2.16. The number of benzene rings is 1. The first-order valence-electron chi connectivity index (χ1n) is 4.40. The molecule has 0 heterocycles. The van der Waals surface area contributed by atoms with Gasteiger partial charge in [-0.3, -0.25) is 0 Å². The summed E-state index contributed by atoms with van der Waals surface area (Å²) in [4.78, 5) is 0. The van der Waals surface area contributed by atoms with Crippen molar-refractivity contribution in [2.24, 2.45) is 0 Å². The van der Waals surface area contributed by atoms with E-state index < -0.39 is 0 Å². The van der Waals surface area contributed by atoms with E-state index in [-0.39, 0.29) is 6.10 Å². The van der Waals surface area contributed by atoms with Gasteiger partial charge in [-0.15, -0.1) is 0 Å². The second-order valence-electron chi connectivity index (χ2n) is 2.79. The smallest absolute Gasteiger partial charge is 0.119 e. The van der Waals surface area contributed by atoms with Crippen LogP contribution in [-0.4, -0.2) is 12.7 Å². The first kappa shape index (κ1) is 10.5. The molecule has 0 aliphatic rings. The van der Waals surface area contributed by atoms with Gasteiger partial charge < -0.3 is 9.26 Å². The van der Waals surface area contributed by atoms with Gasteiger partial charge >= 0.3 is 0 Å². The fourth-order valence-corrected chi connectivity index (χ4v) is 1.23. The predicted octanol–water partition coefficient (Wildman–Crippen LogP) is 2.65. The second-order valence-corrected chi connectivity index (χ2v) is 3.06. The van der Waals surface area contributed by atoms with E-state index in [0.29, 0.717) is 6.61 Å². The summed E-state index contributed by atoms with van der Waals surface area (Å²) in [7, 11) is 2.27. The fourth-order valence-electron chi connectivity index (χ4n) is 0.959. The van der Waals surface area contributed by atoms with Crippen LogP contribution in [-0.2, 0) is 4.52 Å². The maximum atomic E-state index is 5.51. The maximum Gasteiger partial charge on any atom is 0.119 e. The minimum Gasteiger partial charge on any atom is -0.491 e. The van der Waals surface area contributed by atoms with E-state index >= 15 is 0 Å². The van der Waals surface area contributed by atoms with Crippen LogP contribution in [0.15, 0.2) is 30.3 Å². The van der Waals surface area contributed by atoms with Crippen molar-refractivity contribution in [2.75, 3.05) is 6.61 Å². The molecule has 2 nitrogen and oxygen atoms in total. The van der Waals surface area contributed by atoms with Gasteiger partial charge in [-0.25, -0.2) is 0 Å². The molecule has 0 aliphatic carbocycles. The van der Waals surface area contributed by atoms with Gasteiger partial charge in [0.1, 0.15) is 12.4 Å². The molecule has 0 bridgehead atoms. The Morgan fingerprint density at radius 3 is 2.54 bits per heavy atom. The molecule has 1 rings (SSSR count). The van der Waals surface area contributed by atoms with E-state index in [0.717, 1.165) is 12.2 Å². The normalized spacial score (nSPS) is 12.5. The van der Waals surface area contributed by atoms with E-state index in [4.69, 9.17) is 9.26 Å². The third-order valence-electron chi connectivity index (χ3n) is 1.83. The number of hydrogen-bond acceptors (Lipinski definition) is 2. The molecule has 0 aliphatic heterocycles. The van der Waals surface area contributed by atoms with Crippen LogP contribution in [0.1, 0.15) is 13.3 Å². The quantitative estimate of drug-likeness (QED) is 0.677. The summed E-state index contributed by atoms with van der Waals surface area (Å²) >= 11 is 0. The molecule has 0 spiro atoms. The third kappa shape index (κ3) is 3.75. The van der Waals surface area contributed by atoms with Crippen molar-refractivity contribution in [2.45, 2.75) is 19.4 Å². The highest BCUT2D eigenvalue weighted by atomic mass is 31.0. The topological polar surface area (TPSA) is 18.5 Å². The van der Waals surface area contributed by atoms with Crippen molar-refractivity contribution >= 4 is 9.47 Å².